The van der Waals surface area contributed by atoms with Crippen molar-refractivity contribution in [2.75, 3.05) is 0 Å². The number of nitrogens with one attached hydrogen (secondary N) is 1. The van der Waals surface area contributed by atoms with E-state index in [4.69, 9.17) is 5.73 Å². The molecule has 1 saturated carbocycles. The minimum absolute atomic E-state index is 0.138. The van der Waals surface area contributed by atoms with Crippen LogP contribution in [0.3, 0.4) is 0 Å². The topological polar surface area (TPSA) is 55.1 Å². The van der Waals surface area contributed by atoms with E-state index in [-0.39, 0.29) is 11.9 Å². The van der Waals surface area contributed by atoms with Crippen molar-refractivity contribution >= 4 is 17.2 Å². The second kappa shape index (κ2) is 4.77. The van der Waals surface area contributed by atoms with Gasteiger partial charge in [0.15, 0.2) is 0 Å². The van der Waals surface area contributed by atoms with E-state index < -0.39 is 0 Å². The molecule has 2 rings (SSSR count). The van der Waals surface area contributed by atoms with Gasteiger partial charge in [-0.15, -0.1) is 11.3 Å². The van der Waals surface area contributed by atoms with E-state index in [9.17, 15) is 4.79 Å². The van der Waals surface area contributed by atoms with Crippen LogP contribution in [0.5, 0.6) is 0 Å². The van der Waals surface area contributed by atoms with E-state index in [2.05, 4.69) is 11.4 Å². The molecule has 1 fully saturated rings. The van der Waals surface area contributed by atoms with Crippen molar-refractivity contribution in [2.24, 2.45) is 11.7 Å². The zero-order valence-electron chi connectivity index (χ0n) is 8.61. The van der Waals surface area contributed by atoms with Crippen molar-refractivity contribution in [1.82, 2.24) is 5.32 Å². The summed E-state index contributed by atoms with van der Waals surface area (Å²) >= 11 is 1.70. The highest BCUT2D eigenvalue weighted by Gasteiger charge is 2.30. The number of hydrogen-bond donors (Lipinski definition) is 2. The molecule has 0 bridgehead atoms. The number of rotatable bonds is 5. The van der Waals surface area contributed by atoms with Crippen LogP contribution in [0.2, 0.25) is 0 Å². The standard InChI is InChI=1S/C11H16N2OS/c12-11(14)10(8-3-1-4-8)13-7-9-5-2-6-15-9/h2,5-6,8,10,13H,1,3-4,7H2,(H2,12,14). The van der Waals surface area contributed by atoms with Crippen LogP contribution >= 0.6 is 11.3 Å². The first-order valence-electron chi connectivity index (χ1n) is 5.32. The minimum atomic E-state index is -0.212. The number of hydrogen-bond acceptors (Lipinski definition) is 3. The van der Waals surface area contributed by atoms with Gasteiger partial charge in [-0.2, -0.15) is 0 Å². The lowest BCUT2D eigenvalue weighted by Crippen LogP contribution is -2.48. The Balaban J connectivity index is 1.86. The minimum Gasteiger partial charge on any atom is -0.368 e. The average molecular weight is 224 g/mol. The fourth-order valence-electron chi connectivity index (χ4n) is 1.90. The molecule has 1 aromatic rings. The maximum absolute atomic E-state index is 11.3. The van der Waals surface area contributed by atoms with Gasteiger partial charge < -0.3 is 11.1 Å². The lowest BCUT2D eigenvalue weighted by Gasteiger charge is -2.32. The van der Waals surface area contributed by atoms with Crippen LogP contribution in [0.4, 0.5) is 0 Å². The highest BCUT2D eigenvalue weighted by atomic mass is 32.1. The summed E-state index contributed by atoms with van der Waals surface area (Å²) in [6, 6.07) is 3.95. The van der Waals surface area contributed by atoms with Crippen LogP contribution in [0.15, 0.2) is 17.5 Å². The van der Waals surface area contributed by atoms with Crippen LogP contribution < -0.4 is 11.1 Å². The molecule has 82 valence electrons. The summed E-state index contributed by atoms with van der Waals surface area (Å²) in [7, 11) is 0. The fraction of sp³-hybridized carbons (Fsp3) is 0.545. The van der Waals surface area contributed by atoms with Crippen molar-refractivity contribution in [3.63, 3.8) is 0 Å². The number of primary amides is 1. The Morgan fingerprint density at radius 1 is 1.67 bits per heavy atom. The fourth-order valence-corrected chi connectivity index (χ4v) is 2.55. The summed E-state index contributed by atoms with van der Waals surface area (Å²) in [6.45, 7) is 0.752. The van der Waals surface area contributed by atoms with Crippen LogP contribution in [0, 0.1) is 5.92 Å². The number of carbonyl (C=O) groups is 1. The second-order valence-electron chi connectivity index (χ2n) is 4.03. The molecular formula is C11H16N2OS. The molecular weight excluding hydrogens is 208 g/mol. The molecule has 1 aliphatic rings. The molecule has 15 heavy (non-hydrogen) atoms. The molecule has 3 N–H and O–H groups in total. The van der Waals surface area contributed by atoms with Gasteiger partial charge >= 0.3 is 0 Å². The summed E-state index contributed by atoms with van der Waals surface area (Å²) in [5, 5.41) is 5.30. The van der Waals surface area contributed by atoms with Crippen LogP contribution in [0.1, 0.15) is 24.1 Å². The number of amides is 1. The van der Waals surface area contributed by atoms with Crippen LogP contribution in [-0.4, -0.2) is 11.9 Å². The largest absolute Gasteiger partial charge is 0.368 e. The molecule has 1 atom stereocenters. The molecule has 1 heterocycles. The van der Waals surface area contributed by atoms with Crippen LogP contribution in [0.25, 0.3) is 0 Å². The van der Waals surface area contributed by atoms with Gasteiger partial charge in [-0.3, -0.25) is 4.79 Å². The third kappa shape index (κ3) is 2.58. The van der Waals surface area contributed by atoms with Gasteiger partial charge in [0, 0.05) is 11.4 Å². The summed E-state index contributed by atoms with van der Waals surface area (Å²) in [5.41, 5.74) is 5.39. The van der Waals surface area contributed by atoms with E-state index >= 15 is 0 Å². The first-order chi connectivity index (χ1) is 7.27. The third-order valence-corrected chi connectivity index (χ3v) is 3.88. The molecule has 1 aliphatic carbocycles. The Morgan fingerprint density at radius 2 is 2.47 bits per heavy atom. The Bertz CT molecular complexity index is 319. The molecule has 1 amide bonds. The number of thiophene rings is 1. The van der Waals surface area contributed by atoms with Gasteiger partial charge in [0.25, 0.3) is 0 Å². The quantitative estimate of drug-likeness (QED) is 0.796. The molecule has 0 saturated heterocycles. The van der Waals surface area contributed by atoms with Gasteiger partial charge in [0.2, 0.25) is 5.91 Å². The Labute approximate surface area is 93.7 Å². The highest BCUT2D eigenvalue weighted by molar-refractivity contribution is 7.09. The van der Waals surface area contributed by atoms with Gasteiger partial charge in [-0.1, -0.05) is 12.5 Å². The monoisotopic (exact) mass is 224 g/mol. The smallest absolute Gasteiger partial charge is 0.234 e. The highest BCUT2D eigenvalue weighted by Crippen LogP contribution is 2.29. The predicted molar refractivity (Wildman–Crippen MR) is 61.5 cm³/mol. The molecule has 0 radical (unpaired) electrons. The Hall–Kier alpha value is -0.870. The Morgan fingerprint density at radius 3 is 2.93 bits per heavy atom. The van der Waals surface area contributed by atoms with Gasteiger partial charge in [-0.05, 0) is 30.2 Å². The maximum atomic E-state index is 11.3. The zero-order chi connectivity index (χ0) is 10.7. The summed E-state index contributed by atoms with van der Waals surface area (Å²) in [5.74, 6) is 0.249. The van der Waals surface area contributed by atoms with E-state index in [1.54, 1.807) is 11.3 Å². The van der Waals surface area contributed by atoms with Crippen molar-refractivity contribution in [1.29, 1.82) is 0 Å². The summed E-state index contributed by atoms with van der Waals surface area (Å²) in [6.07, 6.45) is 3.49. The lowest BCUT2D eigenvalue weighted by atomic mass is 9.79. The maximum Gasteiger partial charge on any atom is 0.234 e. The molecule has 3 nitrogen and oxygen atoms in total. The summed E-state index contributed by atoms with van der Waals surface area (Å²) < 4.78 is 0. The lowest BCUT2D eigenvalue weighted by molar-refractivity contribution is -0.122. The first-order valence-corrected chi connectivity index (χ1v) is 6.20. The summed E-state index contributed by atoms with van der Waals surface area (Å²) in [4.78, 5) is 12.5. The molecule has 4 heteroatoms. The molecule has 1 unspecified atom stereocenters. The molecule has 0 aliphatic heterocycles. The predicted octanol–water partition coefficient (Wildman–Crippen LogP) is 1.49. The van der Waals surface area contributed by atoms with Crippen molar-refractivity contribution in [3.05, 3.63) is 22.4 Å². The normalized spacial score (nSPS) is 18.4. The third-order valence-electron chi connectivity index (χ3n) is 3.00. The average Bonchev–Trinajstić information content (AvgIpc) is 2.60. The van der Waals surface area contributed by atoms with E-state index in [1.807, 2.05) is 11.4 Å². The van der Waals surface area contributed by atoms with Crippen molar-refractivity contribution < 1.29 is 4.79 Å². The van der Waals surface area contributed by atoms with Crippen LogP contribution in [-0.2, 0) is 11.3 Å². The number of carbonyl (C=O) groups excluding carboxylic acids is 1. The van der Waals surface area contributed by atoms with Crippen molar-refractivity contribution in [2.45, 2.75) is 31.8 Å². The first kappa shape index (κ1) is 10.6. The zero-order valence-corrected chi connectivity index (χ0v) is 9.43. The Kier molecular flexibility index (Phi) is 3.38. The molecule has 0 aromatic carbocycles. The SMILES string of the molecule is NC(=O)C(NCc1cccs1)C1CCC1. The van der Waals surface area contributed by atoms with Crippen molar-refractivity contribution in [3.8, 4) is 0 Å². The van der Waals surface area contributed by atoms with Gasteiger partial charge in [0.05, 0.1) is 6.04 Å². The van der Waals surface area contributed by atoms with Gasteiger partial charge in [0.1, 0.15) is 0 Å². The molecule has 0 spiro atoms. The number of nitrogens with two attached hydrogens (primary N) is 1. The van der Waals surface area contributed by atoms with E-state index in [0.29, 0.717) is 5.92 Å². The van der Waals surface area contributed by atoms with E-state index in [0.717, 1.165) is 19.4 Å². The van der Waals surface area contributed by atoms with E-state index in [1.165, 1.54) is 11.3 Å². The van der Waals surface area contributed by atoms with Gasteiger partial charge in [-0.25, -0.2) is 0 Å². The molecule has 1 aromatic heterocycles. The second-order valence-corrected chi connectivity index (χ2v) is 5.06.